The first-order valence-corrected chi connectivity index (χ1v) is 7.08. The summed E-state index contributed by atoms with van der Waals surface area (Å²) in [5.74, 6) is 0.00130. The summed E-state index contributed by atoms with van der Waals surface area (Å²) in [5.41, 5.74) is 1.51. The van der Waals surface area contributed by atoms with Crippen molar-refractivity contribution >= 4 is 46.0 Å². The number of hydrogen-bond donors (Lipinski definition) is 2. The van der Waals surface area contributed by atoms with Gasteiger partial charge in [-0.05, 0) is 42.5 Å². The number of amides is 1. The highest BCUT2D eigenvalue weighted by atomic mass is 32.2. The normalized spacial score (nSPS) is 17.2. The van der Waals surface area contributed by atoms with Gasteiger partial charge in [-0.25, -0.2) is 0 Å². The van der Waals surface area contributed by atoms with Crippen molar-refractivity contribution in [1.29, 1.82) is 0 Å². The third-order valence-electron chi connectivity index (χ3n) is 2.81. The van der Waals surface area contributed by atoms with E-state index >= 15 is 0 Å². The summed E-state index contributed by atoms with van der Waals surface area (Å²) in [6, 6.07) is 10.1. The van der Waals surface area contributed by atoms with Crippen molar-refractivity contribution in [3.05, 3.63) is 53.2 Å². The van der Waals surface area contributed by atoms with Crippen LogP contribution in [0, 0.1) is 0 Å². The Morgan fingerprint density at radius 1 is 1.25 bits per heavy atom. The maximum atomic E-state index is 12.4. The Hall–Kier alpha value is -2.05. The van der Waals surface area contributed by atoms with Gasteiger partial charge in [-0.3, -0.25) is 9.69 Å². The molecule has 2 aromatic rings. The monoisotopic (exact) mass is 302 g/mol. The summed E-state index contributed by atoms with van der Waals surface area (Å²) in [6.07, 6.45) is 3.58. The van der Waals surface area contributed by atoms with Crippen LogP contribution in [-0.4, -0.2) is 20.3 Å². The summed E-state index contributed by atoms with van der Waals surface area (Å²) in [6.45, 7) is 0. The van der Waals surface area contributed by atoms with E-state index in [2.05, 4.69) is 4.98 Å². The van der Waals surface area contributed by atoms with Crippen molar-refractivity contribution in [2.75, 3.05) is 4.90 Å². The first-order valence-electron chi connectivity index (χ1n) is 5.85. The molecule has 4 nitrogen and oxygen atoms in total. The highest BCUT2D eigenvalue weighted by Gasteiger charge is 2.33. The highest BCUT2D eigenvalue weighted by molar-refractivity contribution is 8.27. The molecule has 1 aromatic carbocycles. The van der Waals surface area contributed by atoms with Crippen molar-refractivity contribution < 1.29 is 9.90 Å². The molecule has 2 heterocycles. The summed E-state index contributed by atoms with van der Waals surface area (Å²) < 4.78 is 0.485. The van der Waals surface area contributed by atoms with Gasteiger partial charge in [0.25, 0.3) is 5.91 Å². The van der Waals surface area contributed by atoms with Crippen LogP contribution in [0.4, 0.5) is 5.69 Å². The molecule has 1 saturated heterocycles. The van der Waals surface area contributed by atoms with Gasteiger partial charge < -0.3 is 10.1 Å². The van der Waals surface area contributed by atoms with Gasteiger partial charge >= 0.3 is 0 Å². The molecule has 3 rings (SSSR count). The molecule has 0 bridgehead atoms. The molecular weight excluding hydrogens is 292 g/mol. The fraction of sp³-hybridized carbons (Fsp3) is 0. The maximum absolute atomic E-state index is 12.4. The van der Waals surface area contributed by atoms with Gasteiger partial charge in [0.15, 0.2) is 4.32 Å². The quantitative estimate of drug-likeness (QED) is 0.661. The van der Waals surface area contributed by atoms with Gasteiger partial charge in [-0.1, -0.05) is 24.0 Å². The Morgan fingerprint density at radius 2 is 2.00 bits per heavy atom. The molecule has 20 heavy (non-hydrogen) atoms. The van der Waals surface area contributed by atoms with E-state index < -0.39 is 0 Å². The van der Waals surface area contributed by atoms with Crippen molar-refractivity contribution in [2.24, 2.45) is 0 Å². The van der Waals surface area contributed by atoms with Crippen LogP contribution in [0.15, 0.2) is 47.5 Å². The number of carbonyl (C=O) groups is 1. The second kappa shape index (κ2) is 5.15. The molecule has 0 unspecified atom stereocenters. The summed E-state index contributed by atoms with van der Waals surface area (Å²) in [7, 11) is 0. The van der Waals surface area contributed by atoms with Crippen LogP contribution < -0.4 is 4.90 Å². The maximum Gasteiger partial charge on any atom is 0.270 e. The predicted molar refractivity (Wildman–Crippen MR) is 84.6 cm³/mol. The number of rotatable bonds is 2. The molecule has 0 radical (unpaired) electrons. The third-order valence-corrected chi connectivity index (χ3v) is 4.11. The Bertz CT molecular complexity index is 690. The number of hydrogen-bond acceptors (Lipinski definition) is 4. The van der Waals surface area contributed by atoms with Gasteiger partial charge in [0, 0.05) is 11.9 Å². The second-order valence-electron chi connectivity index (χ2n) is 4.16. The number of nitrogens with one attached hydrogen (secondary N) is 1. The first kappa shape index (κ1) is 13.0. The van der Waals surface area contributed by atoms with Crippen molar-refractivity contribution in [3.8, 4) is 5.75 Å². The number of thioether (sulfide) groups is 1. The highest BCUT2D eigenvalue weighted by Crippen LogP contribution is 2.36. The van der Waals surface area contributed by atoms with Crippen LogP contribution in [0.1, 0.15) is 5.69 Å². The SMILES string of the molecule is O=C1/C(=C/c2ccc[nH]2)SC(=S)N1c1ccc(O)cc1. The summed E-state index contributed by atoms with van der Waals surface area (Å²) in [4.78, 5) is 17.5. The molecule has 1 aliphatic heterocycles. The Morgan fingerprint density at radius 3 is 2.65 bits per heavy atom. The lowest BCUT2D eigenvalue weighted by Crippen LogP contribution is -2.27. The lowest BCUT2D eigenvalue weighted by atomic mass is 10.2. The molecule has 1 aliphatic rings. The molecule has 0 aliphatic carbocycles. The van der Waals surface area contributed by atoms with Gasteiger partial charge in [0.2, 0.25) is 0 Å². The number of benzene rings is 1. The molecule has 1 amide bonds. The Kier molecular flexibility index (Phi) is 3.33. The van der Waals surface area contributed by atoms with E-state index in [1.54, 1.807) is 24.4 Å². The zero-order chi connectivity index (χ0) is 14.1. The largest absolute Gasteiger partial charge is 0.508 e. The summed E-state index contributed by atoms with van der Waals surface area (Å²) in [5, 5.41) is 9.30. The Balaban J connectivity index is 1.93. The van der Waals surface area contributed by atoms with Crippen LogP contribution in [0.25, 0.3) is 6.08 Å². The van der Waals surface area contributed by atoms with Crippen molar-refractivity contribution in [1.82, 2.24) is 4.98 Å². The average Bonchev–Trinajstić information content (AvgIpc) is 3.02. The number of nitrogens with zero attached hydrogens (tertiary/aromatic N) is 1. The van der Waals surface area contributed by atoms with E-state index in [0.717, 1.165) is 5.69 Å². The lowest BCUT2D eigenvalue weighted by molar-refractivity contribution is -0.113. The minimum Gasteiger partial charge on any atom is -0.508 e. The van der Waals surface area contributed by atoms with Crippen LogP contribution in [-0.2, 0) is 4.79 Å². The second-order valence-corrected chi connectivity index (χ2v) is 5.83. The number of aromatic amines is 1. The van der Waals surface area contributed by atoms with Gasteiger partial charge in [-0.2, -0.15) is 0 Å². The number of phenolic OH excluding ortho intramolecular Hbond substituents is 1. The molecular formula is C14H10N2O2S2. The van der Waals surface area contributed by atoms with Crippen molar-refractivity contribution in [2.45, 2.75) is 0 Å². The number of phenols is 1. The zero-order valence-electron chi connectivity index (χ0n) is 10.2. The van der Waals surface area contributed by atoms with Gasteiger partial charge in [0.1, 0.15) is 5.75 Å². The molecule has 1 fully saturated rings. The molecule has 2 N–H and O–H groups in total. The smallest absolute Gasteiger partial charge is 0.270 e. The number of thiocarbonyl (C=S) groups is 1. The van der Waals surface area contributed by atoms with E-state index in [4.69, 9.17) is 12.2 Å². The zero-order valence-corrected chi connectivity index (χ0v) is 11.9. The standard InChI is InChI=1S/C14H10N2O2S2/c17-11-5-3-10(4-6-11)16-13(18)12(20-14(16)19)8-9-2-1-7-15-9/h1-8,15,17H/b12-8-. The van der Waals surface area contributed by atoms with Crippen LogP contribution in [0.5, 0.6) is 5.75 Å². The fourth-order valence-corrected chi connectivity index (χ4v) is 3.16. The van der Waals surface area contributed by atoms with Gasteiger partial charge in [0.05, 0.1) is 10.6 Å². The van der Waals surface area contributed by atoms with E-state index in [9.17, 15) is 9.90 Å². The van der Waals surface area contributed by atoms with E-state index in [1.807, 2.05) is 12.1 Å². The number of H-pyrrole nitrogens is 1. The number of carbonyl (C=O) groups excluding carboxylic acids is 1. The van der Waals surface area contributed by atoms with E-state index in [-0.39, 0.29) is 11.7 Å². The van der Waals surface area contributed by atoms with Gasteiger partial charge in [-0.15, -0.1) is 0 Å². The molecule has 0 saturated carbocycles. The number of aromatic nitrogens is 1. The molecule has 100 valence electrons. The summed E-state index contributed by atoms with van der Waals surface area (Å²) >= 11 is 6.53. The Labute approximate surface area is 125 Å². The van der Waals surface area contributed by atoms with E-state index in [0.29, 0.717) is 14.9 Å². The molecule has 6 heteroatoms. The topological polar surface area (TPSA) is 56.3 Å². The average molecular weight is 302 g/mol. The predicted octanol–water partition coefficient (Wildman–Crippen LogP) is 3.13. The minimum atomic E-state index is -0.153. The molecule has 0 atom stereocenters. The van der Waals surface area contributed by atoms with Crippen LogP contribution >= 0.6 is 24.0 Å². The number of aromatic hydroxyl groups is 1. The molecule has 0 spiro atoms. The fourth-order valence-electron chi connectivity index (χ4n) is 1.87. The lowest BCUT2D eigenvalue weighted by Gasteiger charge is -2.14. The number of anilines is 1. The third kappa shape index (κ3) is 2.35. The van der Waals surface area contributed by atoms with Crippen molar-refractivity contribution in [3.63, 3.8) is 0 Å². The van der Waals surface area contributed by atoms with Crippen LogP contribution in [0.2, 0.25) is 0 Å². The molecule has 1 aromatic heterocycles. The van der Waals surface area contributed by atoms with Crippen LogP contribution in [0.3, 0.4) is 0 Å². The van der Waals surface area contributed by atoms with E-state index in [1.165, 1.54) is 28.8 Å². The minimum absolute atomic E-state index is 0.153. The first-order chi connectivity index (χ1) is 9.65.